The lowest BCUT2D eigenvalue weighted by Crippen LogP contribution is -2.16. The lowest BCUT2D eigenvalue weighted by Gasteiger charge is -2.13. The van der Waals surface area contributed by atoms with Crippen molar-refractivity contribution in [2.45, 2.75) is 0 Å². The quantitative estimate of drug-likeness (QED) is 0.553. The summed E-state index contributed by atoms with van der Waals surface area (Å²) >= 11 is 0. The van der Waals surface area contributed by atoms with Crippen LogP contribution in [0.25, 0.3) is 11.1 Å². The molecule has 0 saturated heterocycles. The highest BCUT2D eigenvalue weighted by Crippen LogP contribution is 2.27. The van der Waals surface area contributed by atoms with Gasteiger partial charge < -0.3 is 15.8 Å². The molecule has 0 heterocycles. The Labute approximate surface area is 151 Å². The summed E-state index contributed by atoms with van der Waals surface area (Å²) in [6.45, 7) is 0. The van der Waals surface area contributed by atoms with Gasteiger partial charge in [0, 0.05) is 5.56 Å². The normalized spacial score (nSPS) is 10.2. The molecule has 3 rings (SSSR count). The largest absolute Gasteiger partial charge is 0.465 e. The number of nitrogen functional groups attached to an aromatic ring is 1. The van der Waals surface area contributed by atoms with Crippen LogP contribution < -0.4 is 11.1 Å². The van der Waals surface area contributed by atoms with Gasteiger partial charge in [0.05, 0.1) is 24.0 Å². The number of hydrogen-bond acceptors (Lipinski definition) is 4. The van der Waals surface area contributed by atoms with Gasteiger partial charge in [-0.15, -0.1) is 0 Å². The summed E-state index contributed by atoms with van der Waals surface area (Å²) in [6, 6.07) is 21.8. The molecule has 0 radical (unpaired) electrons. The molecule has 3 aromatic carbocycles. The molecule has 1 amide bonds. The van der Waals surface area contributed by atoms with Gasteiger partial charge in [0.25, 0.3) is 5.91 Å². The molecule has 0 aliphatic heterocycles. The fourth-order valence-corrected chi connectivity index (χ4v) is 2.70. The SMILES string of the molecule is COC(=O)c1cccc(NC(=O)c2ccccc2-c2ccccc2)c1N. The molecule has 26 heavy (non-hydrogen) atoms. The summed E-state index contributed by atoms with van der Waals surface area (Å²) in [5.74, 6) is -0.860. The topological polar surface area (TPSA) is 81.4 Å². The van der Waals surface area contributed by atoms with E-state index in [1.807, 2.05) is 42.5 Å². The average Bonchev–Trinajstić information content (AvgIpc) is 2.69. The first-order valence-electron chi connectivity index (χ1n) is 8.04. The fraction of sp³-hybridized carbons (Fsp3) is 0.0476. The summed E-state index contributed by atoms with van der Waals surface area (Å²) < 4.78 is 4.71. The molecule has 0 aromatic heterocycles. The van der Waals surface area contributed by atoms with E-state index in [-0.39, 0.29) is 17.2 Å². The van der Waals surface area contributed by atoms with Gasteiger partial charge in [-0.2, -0.15) is 0 Å². The molecule has 130 valence electrons. The van der Waals surface area contributed by atoms with E-state index in [2.05, 4.69) is 5.32 Å². The van der Waals surface area contributed by atoms with E-state index < -0.39 is 5.97 Å². The first kappa shape index (κ1) is 17.2. The number of nitrogens with two attached hydrogens (primary N) is 1. The Morgan fingerprint density at radius 3 is 2.23 bits per heavy atom. The molecule has 0 unspecified atom stereocenters. The highest BCUT2D eigenvalue weighted by atomic mass is 16.5. The molecule has 0 atom stereocenters. The van der Waals surface area contributed by atoms with E-state index in [1.165, 1.54) is 7.11 Å². The monoisotopic (exact) mass is 346 g/mol. The zero-order valence-electron chi connectivity index (χ0n) is 14.2. The second-order valence-electron chi connectivity index (χ2n) is 5.62. The molecule has 3 N–H and O–H groups in total. The van der Waals surface area contributed by atoms with Gasteiger partial charge in [-0.05, 0) is 29.3 Å². The van der Waals surface area contributed by atoms with Crippen LogP contribution in [-0.4, -0.2) is 19.0 Å². The second-order valence-corrected chi connectivity index (χ2v) is 5.62. The van der Waals surface area contributed by atoms with Gasteiger partial charge in [0.1, 0.15) is 0 Å². The van der Waals surface area contributed by atoms with Crippen LogP contribution in [0.1, 0.15) is 20.7 Å². The van der Waals surface area contributed by atoms with Crippen molar-refractivity contribution in [3.8, 4) is 11.1 Å². The number of hydrogen-bond donors (Lipinski definition) is 2. The number of para-hydroxylation sites is 1. The van der Waals surface area contributed by atoms with E-state index in [1.54, 1.807) is 30.3 Å². The van der Waals surface area contributed by atoms with Crippen molar-refractivity contribution in [3.63, 3.8) is 0 Å². The van der Waals surface area contributed by atoms with Crippen LogP contribution in [0.15, 0.2) is 72.8 Å². The van der Waals surface area contributed by atoms with Crippen molar-refractivity contribution in [1.82, 2.24) is 0 Å². The highest BCUT2D eigenvalue weighted by Gasteiger charge is 2.17. The predicted molar refractivity (Wildman–Crippen MR) is 102 cm³/mol. The van der Waals surface area contributed by atoms with Crippen LogP contribution in [0.4, 0.5) is 11.4 Å². The number of carbonyl (C=O) groups excluding carboxylic acids is 2. The van der Waals surface area contributed by atoms with Gasteiger partial charge in [-0.1, -0.05) is 54.6 Å². The molecule has 3 aromatic rings. The van der Waals surface area contributed by atoms with Crippen LogP contribution in [0, 0.1) is 0 Å². The number of rotatable bonds is 4. The van der Waals surface area contributed by atoms with Crippen molar-refractivity contribution >= 4 is 23.3 Å². The van der Waals surface area contributed by atoms with Crippen LogP contribution in [0.3, 0.4) is 0 Å². The number of esters is 1. The number of amides is 1. The third-order valence-corrected chi connectivity index (χ3v) is 4.02. The summed E-state index contributed by atoms with van der Waals surface area (Å²) in [7, 11) is 1.28. The van der Waals surface area contributed by atoms with Gasteiger partial charge >= 0.3 is 5.97 Å². The van der Waals surface area contributed by atoms with E-state index in [0.29, 0.717) is 11.3 Å². The molecule has 5 heteroatoms. The Hall–Kier alpha value is -3.60. The van der Waals surface area contributed by atoms with Crippen LogP contribution in [0.2, 0.25) is 0 Å². The van der Waals surface area contributed by atoms with E-state index in [0.717, 1.165) is 11.1 Å². The maximum absolute atomic E-state index is 12.8. The molecule has 0 spiro atoms. The standard InChI is InChI=1S/C21H18N2O3/c1-26-21(25)17-12-7-13-18(19(17)22)23-20(24)16-11-6-5-10-15(16)14-8-3-2-4-9-14/h2-13H,22H2,1H3,(H,23,24). The third-order valence-electron chi connectivity index (χ3n) is 4.02. The number of methoxy groups -OCH3 is 1. The average molecular weight is 346 g/mol. The Morgan fingerprint density at radius 2 is 1.50 bits per heavy atom. The maximum atomic E-state index is 12.8. The van der Waals surface area contributed by atoms with Gasteiger partial charge in [0.15, 0.2) is 0 Å². The predicted octanol–water partition coefficient (Wildman–Crippen LogP) is 3.97. The van der Waals surface area contributed by atoms with Crippen LogP contribution in [-0.2, 0) is 4.74 Å². The molecule has 0 aliphatic rings. The van der Waals surface area contributed by atoms with E-state index >= 15 is 0 Å². The van der Waals surface area contributed by atoms with Crippen molar-refractivity contribution in [3.05, 3.63) is 83.9 Å². The van der Waals surface area contributed by atoms with E-state index in [4.69, 9.17) is 10.5 Å². The third kappa shape index (κ3) is 3.42. The zero-order chi connectivity index (χ0) is 18.5. The summed E-state index contributed by atoms with van der Waals surface area (Å²) in [6.07, 6.45) is 0. The fourth-order valence-electron chi connectivity index (χ4n) is 2.70. The molecule has 0 aliphatic carbocycles. The van der Waals surface area contributed by atoms with Crippen molar-refractivity contribution in [2.24, 2.45) is 0 Å². The minimum absolute atomic E-state index is 0.171. The summed E-state index contributed by atoms with van der Waals surface area (Å²) in [5, 5.41) is 2.78. The van der Waals surface area contributed by atoms with Crippen LogP contribution in [0.5, 0.6) is 0 Å². The lowest BCUT2D eigenvalue weighted by atomic mass is 9.99. The van der Waals surface area contributed by atoms with Crippen molar-refractivity contribution in [2.75, 3.05) is 18.2 Å². The number of nitrogens with one attached hydrogen (secondary N) is 1. The summed E-state index contributed by atoms with van der Waals surface area (Å²) in [4.78, 5) is 24.6. The van der Waals surface area contributed by atoms with E-state index in [9.17, 15) is 9.59 Å². The summed E-state index contributed by atoms with van der Waals surface area (Å²) in [5.41, 5.74) is 9.03. The van der Waals surface area contributed by atoms with Crippen molar-refractivity contribution < 1.29 is 14.3 Å². The Kier molecular flexibility index (Phi) is 4.99. The smallest absolute Gasteiger partial charge is 0.340 e. The van der Waals surface area contributed by atoms with Crippen LogP contribution >= 0.6 is 0 Å². The molecular formula is C21H18N2O3. The minimum Gasteiger partial charge on any atom is -0.465 e. The molecule has 0 bridgehead atoms. The lowest BCUT2D eigenvalue weighted by molar-refractivity contribution is 0.0601. The molecule has 0 saturated carbocycles. The molecule has 5 nitrogen and oxygen atoms in total. The number of benzene rings is 3. The Balaban J connectivity index is 1.94. The number of carbonyl (C=O) groups is 2. The Morgan fingerprint density at radius 1 is 0.846 bits per heavy atom. The zero-order valence-corrected chi connectivity index (χ0v) is 14.2. The minimum atomic E-state index is -0.553. The first-order valence-corrected chi connectivity index (χ1v) is 8.04. The van der Waals surface area contributed by atoms with Gasteiger partial charge in [0.2, 0.25) is 0 Å². The highest BCUT2D eigenvalue weighted by molar-refractivity contribution is 6.11. The second kappa shape index (κ2) is 7.53. The maximum Gasteiger partial charge on any atom is 0.340 e. The number of ether oxygens (including phenoxy) is 1. The Bertz CT molecular complexity index is 952. The molecule has 0 fully saturated rings. The van der Waals surface area contributed by atoms with Gasteiger partial charge in [-0.25, -0.2) is 4.79 Å². The first-order chi connectivity index (χ1) is 12.6. The van der Waals surface area contributed by atoms with Gasteiger partial charge in [-0.3, -0.25) is 4.79 Å². The molecular weight excluding hydrogens is 328 g/mol. The van der Waals surface area contributed by atoms with Crippen molar-refractivity contribution in [1.29, 1.82) is 0 Å². The number of anilines is 2.